The molecule has 1 aromatic carbocycles. The molecule has 2 rings (SSSR count). The van der Waals surface area contributed by atoms with Crippen molar-refractivity contribution in [2.24, 2.45) is 0 Å². The second-order valence-electron chi connectivity index (χ2n) is 4.92. The highest BCUT2D eigenvalue weighted by Crippen LogP contribution is 2.26. The number of nitrogens with one attached hydrogen (secondary N) is 1. The third kappa shape index (κ3) is 3.67. The highest BCUT2D eigenvalue weighted by Gasteiger charge is 2.20. The molecule has 2 nitrogen and oxygen atoms in total. The number of halogens is 2. The number of rotatable bonds is 6. The lowest BCUT2D eigenvalue weighted by atomic mass is 10.1. The minimum atomic E-state index is -2.43. The molecule has 0 unspecified atom stereocenters. The van der Waals surface area contributed by atoms with Gasteiger partial charge in [-0.25, -0.2) is 8.78 Å². The monoisotopic (exact) mass is 255 g/mol. The first kappa shape index (κ1) is 13.3. The van der Waals surface area contributed by atoms with Crippen LogP contribution in [0, 0.1) is 13.8 Å². The average molecular weight is 255 g/mol. The molecule has 1 aliphatic rings. The molecule has 4 heteroatoms. The van der Waals surface area contributed by atoms with E-state index >= 15 is 0 Å². The van der Waals surface area contributed by atoms with E-state index in [2.05, 4.69) is 5.32 Å². The summed E-state index contributed by atoms with van der Waals surface area (Å²) in [4.78, 5) is 0. The molecule has 0 heterocycles. The highest BCUT2D eigenvalue weighted by molar-refractivity contribution is 5.43. The summed E-state index contributed by atoms with van der Waals surface area (Å²) in [6.07, 6.45) is 0.0844. The fourth-order valence-corrected chi connectivity index (χ4v) is 2.07. The van der Waals surface area contributed by atoms with Gasteiger partial charge in [0, 0.05) is 12.6 Å². The van der Waals surface area contributed by atoms with Crippen LogP contribution in [-0.2, 0) is 6.54 Å². The second kappa shape index (κ2) is 5.65. The van der Waals surface area contributed by atoms with Crippen LogP contribution < -0.4 is 10.1 Å². The molecule has 0 atom stereocenters. The Kier molecular flexibility index (Phi) is 4.17. The number of aryl methyl sites for hydroxylation is 2. The predicted molar refractivity (Wildman–Crippen MR) is 67.3 cm³/mol. The van der Waals surface area contributed by atoms with Crippen molar-refractivity contribution in [2.75, 3.05) is 6.61 Å². The van der Waals surface area contributed by atoms with Gasteiger partial charge in [0.1, 0.15) is 12.4 Å². The van der Waals surface area contributed by atoms with Crippen LogP contribution in [0.4, 0.5) is 8.78 Å². The molecule has 100 valence electrons. The van der Waals surface area contributed by atoms with Crippen LogP contribution in [0.25, 0.3) is 0 Å². The Bertz CT molecular complexity index is 393. The van der Waals surface area contributed by atoms with Gasteiger partial charge in [0.15, 0.2) is 0 Å². The zero-order valence-electron chi connectivity index (χ0n) is 10.8. The van der Waals surface area contributed by atoms with Crippen LogP contribution in [0.15, 0.2) is 12.1 Å². The summed E-state index contributed by atoms with van der Waals surface area (Å²) in [5.41, 5.74) is 3.02. The van der Waals surface area contributed by atoms with Crippen molar-refractivity contribution in [1.82, 2.24) is 5.32 Å². The van der Waals surface area contributed by atoms with Gasteiger partial charge in [-0.1, -0.05) is 12.1 Å². The summed E-state index contributed by atoms with van der Waals surface area (Å²) in [6, 6.07) is 4.67. The summed E-state index contributed by atoms with van der Waals surface area (Å²) >= 11 is 0. The molecule has 0 aliphatic heterocycles. The first-order valence-corrected chi connectivity index (χ1v) is 6.30. The number of hydrogen-bond donors (Lipinski definition) is 1. The molecule has 1 fully saturated rings. The third-order valence-corrected chi connectivity index (χ3v) is 3.05. The molecule has 0 aromatic heterocycles. The maximum absolute atomic E-state index is 12.1. The quantitative estimate of drug-likeness (QED) is 0.842. The van der Waals surface area contributed by atoms with Crippen LogP contribution in [0.2, 0.25) is 0 Å². The number of hydrogen-bond acceptors (Lipinski definition) is 2. The van der Waals surface area contributed by atoms with Gasteiger partial charge >= 0.3 is 0 Å². The number of alkyl halides is 2. The van der Waals surface area contributed by atoms with Crippen LogP contribution in [-0.4, -0.2) is 19.1 Å². The van der Waals surface area contributed by atoms with Crippen LogP contribution in [0.1, 0.15) is 29.5 Å². The van der Waals surface area contributed by atoms with Gasteiger partial charge in [0.2, 0.25) is 0 Å². The molecule has 0 spiro atoms. The van der Waals surface area contributed by atoms with Gasteiger partial charge in [0.25, 0.3) is 6.43 Å². The van der Waals surface area contributed by atoms with Gasteiger partial charge < -0.3 is 10.1 Å². The Morgan fingerprint density at radius 2 is 1.89 bits per heavy atom. The molecule has 0 saturated heterocycles. The van der Waals surface area contributed by atoms with Crippen LogP contribution >= 0.6 is 0 Å². The van der Waals surface area contributed by atoms with Gasteiger partial charge in [-0.3, -0.25) is 0 Å². The summed E-state index contributed by atoms with van der Waals surface area (Å²) in [6.45, 7) is 4.09. The Labute approximate surface area is 106 Å². The van der Waals surface area contributed by atoms with E-state index in [-0.39, 0.29) is 0 Å². The zero-order valence-corrected chi connectivity index (χ0v) is 10.8. The van der Waals surface area contributed by atoms with Gasteiger partial charge in [-0.15, -0.1) is 0 Å². The Hall–Kier alpha value is -1.16. The summed E-state index contributed by atoms with van der Waals surface area (Å²) in [7, 11) is 0. The van der Waals surface area contributed by atoms with E-state index in [4.69, 9.17) is 4.74 Å². The van der Waals surface area contributed by atoms with Gasteiger partial charge in [-0.05, 0) is 43.4 Å². The van der Waals surface area contributed by atoms with Crippen molar-refractivity contribution >= 4 is 0 Å². The molecule has 0 amide bonds. The first-order valence-electron chi connectivity index (χ1n) is 6.30. The molecular weight excluding hydrogens is 236 g/mol. The molecule has 1 aliphatic carbocycles. The van der Waals surface area contributed by atoms with Crippen molar-refractivity contribution in [1.29, 1.82) is 0 Å². The standard InChI is InChI=1S/C14H19F2NO/c1-9-5-11(7-17-12-3-4-12)6-10(2)14(9)18-8-13(15)16/h5-6,12-13,17H,3-4,7-8H2,1-2H3. The topological polar surface area (TPSA) is 21.3 Å². The average Bonchev–Trinajstić information content (AvgIpc) is 3.08. The molecule has 0 bridgehead atoms. The fourth-order valence-electron chi connectivity index (χ4n) is 2.07. The molecule has 1 saturated carbocycles. The lowest BCUT2D eigenvalue weighted by Gasteiger charge is -2.14. The Morgan fingerprint density at radius 1 is 1.28 bits per heavy atom. The summed E-state index contributed by atoms with van der Waals surface area (Å²) < 4.78 is 29.4. The summed E-state index contributed by atoms with van der Waals surface area (Å²) in [5.74, 6) is 0.588. The largest absolute Gasteiger partial charge is 0.487 e. The molecule has 1 aromatic rings. The zero-order chi connectivity index (χ0) is 13.1. The SMILES string of the molecule is Cc1cc(CNC2CC2)cc(C)c1OCC(F)F. The molecular formula is C14H19F2NO. The number of benzene rings is 1. The van der Waals surface area contributed by atoms with Gasteiger partial charge in [-0.2, -0.15) is 0 Å². The van der Waals surface area contributed by atoms with E-state index in [0.29, 0.717) is 11.8 Å². The lowest BCUT2D eigenvalue weighted by molar-refractivity contribution is 0.0812. The molecule has 18 heavy (non-hydrogen) atoms. The minimum Gasteiger partial charge on any atom is -0.487 e. The van der Waals surface area contributed by atoms with Crippen LogP contribution in [0.5, 0.6) is 5.75 Å². The first-order chi connectivity index (χ1) is 8.56. The van der Waals surface area contributed by atoms with Crippen molar-refractivity contribution in [3.8, 4) is 5.75 Å². The summed E-state index contributed by atoms with van der Waals surface area (Å²) in [5, 5.41) is 3.44. The Balaban J connectivity index is 2.02. The van der Waals surface area contributed by atoms with Gasteiger partial charge in [0.05, 0.1) is 0 Å². The van der Waals surface area contributed by atoms with Crippen molar-refractivity contribution in [3.63, 3.8) is 0 Å². The number of ether oxygens (including phenoxy) is 1. The van der Waals surface area contributed by atoms with E-state index in [0.717, 1.165) is 17.7 Å². The maximum atomic E-state index is 12.1. The fraction of sp³-hybridized carbons (Fsp3) is 0.571. The third-order valence-electron chi connectivity index (χ3n) is 3.05. The van der Waals surface area contributed by atoms with E-state index in [1.54, 1.807) is 0 Å². The van der Waals surface area contributed by atoms with Crippen molar-refractivity contribution in [2.45, 2.75) is 45.7 Å². The molecule has 0 radical (unpaired) electrons. The smallest absolute Gasteiger partial charge is 0.272 e. The van der Waals surface area contributed by atoms with Crippen molar-refractivity contribution < 1.29 is 13.5 Å². The van der Waals surface area contributed by atoms with Crippen molar-refractivity contribution in [3.05, 3.63) is 28.8 Å². The van der Waals surface area contributed by atoms with Crippen LogP contribution in [0.3, 0.4) is 0 Å². The van der Waals surface area contributed by atoms with E-state index < -0.39 is 13.0 Å². The predicted octanol–water partition coefficient (Wildman–Crippen LogP) is 3.20. The highest BCUT2D eigenvalue weighted by atomic mass is 19.3. The lowest BCUT2D eigenvalue weighted by Crippen LogP contribution is -2.16. The van der Waals surface area contributed by atoms with E-state index in [9.17, 15) is 8.78 Å². The maximum Gasteiger partial charge on any atom is 0.272 e. The molecule has 1 N–H and O–H groups in total. The second-order valence-corrected chi connectivity index (χ2v) is 4.92. The Morgan fingerprint density at radius 3 is 2.39 bits per heavy atom. The normalized spacial score (nSPS) is 15.2. The van der Waals surface area contributed by atoms with E-state index in [1.165, 1.54) is 18.4 Å². The minimum absolute atomic E-state index is 0.540. The van der Waals surface area contributed by atoms with E-state index in [1.807, 2.05) is 26.0 Å².